The summed E-state index contributed by atoms with van der Waals surface area (Å²) in [7, 11) is 0. The number of nitriles is 2. The first-order valence-electron chi connectivity index (χ1n) is 15.1. The van der Waals surface area contributed by atoms with Crippen LogP contribution in [0.15, 0.2) is 67.1 Å². The lowest BCUT2D eigenvalue weighted by atomic mass is 9.93. The number of halogens is 3. The van der Waals surface area contributed by atoms with Crippen LogP contribution in [-0.2, 0) is 5.54 Å². The summed E-state index contributed by atoms with van der Waals surface area (Å²) in [5, 5.41) is 35.6. The number of hydrogen-bond acceptors (Lipinski definition) is 8. The zero-order valence-electron chi connectivity index (χ0n) is 26.3. The van der Waals surface area contributed by atoms with Crippen LogP contribution in [0.25, 0.3) is 22.2 Å². The molecule has 12 heteroatoms. The van der Waals surface area contributed by atoms with Crippen LogP contribution in [-0.4, -0.2) is 37.7 Å². The Morgan fingerprint density at radius 1 is 1.02 bits per heavy atom. The van der Waals surface area contributed by atoms with Crippen molar-refractivity contribution in [3.05, 3.63) is 95.1 Å². The topological polar surface area (TPSA) is 128 Å². The zero-order chi connectivity index (χ0) is 33.6. The molecular weight excluding hydrogens is 603 g/mol. The summed E-state index contributed by atoms with van der Waals surface area (Å²) >= 11 is 0. The number of benzene rings is 2. The Morgan fingerprint density at radius 2 is 1.81 bits per heavy atom. The fraction of sp³-hybridized carbons (Fsp3) is 0.314. The molecule has 1 aliphatic rings. The largest absolute Gasteiger partial charge is 0.413 e. The summed E-state index contributed by atoms with van der Waals surface area (Å²) in [5.74, 6) is 0. The summed E-state index contributed by atoms with van der Waals surface area (Å²) in [6.07, 6.45) is -0.111. The number of nitrogens with zero attached hydrogens (tertiary/aromatic N) is 7. The quantitative estimate of drug-likeness (QED) is 0.178. The summed E-state index contributed by atoms with van der Waals surface area (Å²) in [6.45, 7) is 8.66. The van der Waals surface area contributed by atoms with E-state index in [1.54, 1.807) is 18.3 Å². The van der Waals surface area contributed by atoms with Gasteiger partial charge in [0, 0.05) is 29.9 Å². The molecule has 0 amide bonds. The fourth-order valence-corrected chi connectivity index (χ4v) is 5.72. The number of fused-ring (bicyclic) bond motifs is 1. The molecule has 0 aliphatic heterocycles. The van der Waals surface area contributed by atoms with E-state index in [0.717, 1.165) is 27.1 Å². The molecule has 1 saturated carbocycles. The van der Waals surface area contributed by atoms with Gasteiger partial charge in [0.25, 0.3) is 0 Å². The van der Waals surface area contributed by atoms with Gasteiger partial charge in [0.15, 0.2) is 5.54 Å². The third-order valence-electron chi connectivity index (χ3n) is 8.44. The normalized spacial score (nSPS) is 14.7. The molecule has 1 atom stereocenters. The van der Waals surface area contributed by atoms with E-state index in [1.807, 2.05) is 43.3 Å². The van der Waals surface area contributed by atoms with Crippen LogP contribution >= 0.6 is 0 Å². The maximum Gasteiger partial charge on any atom is 0.413 e. The molecule has 3 heterocycles. The third-order valence-corrected chi connectivity index (χ3v) is 8.44. The van der Waals surface area contributed by atoms with E-state index in [2.05, 4.69) is 63.8 Å². The summed E-state index contributed by atoms with van der Waals surface area (Å²) in [5.41, 5.74) is 3.32. The van der Waals surface area contributed by atoms with Crippen LogP contribution in [0.1, 0.15) is 67.6 Å². The maximum absolute atomic E-state index is 14.1. The molecule has 0 bridgehead atoms. The second-order valence-corrected chi connectivity index (χ2v) is 13.0. The van der Waals surface area contributed by atoms with E-state index in [1.165, 1.54) is 12.4 Å². The van der Waals surface area contributed by atoms with Crippen molar-refractivity contribution in [2.45, 2.75) is 58.3 Å². The number of alkyl halides is 3. The van der Waals surface area contributed by atoms with Gasteiger partial charge in [-0.1, -0.05) is 50.3 Å². The lowest BCUT2D eigenvalue weighted by Gasteiger charge is -2.24. The van der Waals surface area contributed by atoms with Gasteiger partial charge in [-0.15, -0.1) is 5.10 Å². The summed E-state index contributed by atoms with van der Waals surface area (Å²) < 4.78 is 43.2. The van der Waals surface area contributed by atoms with E-state index in [-0.39, 0.29) is 24.0 Å². The van der Waals surface area contributed by atoms with Gasteiger partial charge in [0.1, 0.15) is 11.8 Å². The Morgan fingerprint density at radius 3 is 2.45 bits per heavy atom. The molecule has 0 saturated heterocycles. The minimum absolute atomic E-state index is 0.0735. The number of aromatic nitrogens is 5. The van der Waals surface area contributed by atoms with Gasteiger partial charge in [-0.3, -0.25) is 9.97 Å². The number of hydrogen-bond donors (Lipinski definition) is 2. The lowest BCUT2D eigenvalue weighted by molar-refractivity contribution is -0.182. The number of pyridine rings is 2. The van der Waals surface area contributed by atoms with Crippen molar-refractivity contribution in [3.8, 4) is 23.4 Å². The van der Waals surface area contributed by atoms with Crippen LogP contribution in [0.2, 0.25) is 0 Å². The Balaban J connectivity index is 1.53. The molecule has 238 valence electrons. The Labute approximate surface area is 270 Å². The predicted molar refractivity (Wildman–Crippen MR) is 172 cm³/mol. The van der Waals surface area contributed by atoms with Crippen LogP contribution in [0.4, 0.5) is 24.5 Å². The van der Waals surface area contributed by atoms with Crippen LogP contribution in [0.5, 0.6) is 0 Å². The molecule has 9 nitrogen and oxygen atoms in total. The molecule has 6 rings (SSSR count). The number of anilines is 2. The standard InChI is InChI=1S/C35H32F3N9/c1-21-24(27-10-5-6-13-41-27)8-7-9-25(21)32(29-19-47(46-45-29)34(11-12-34)35(36,37)38)44-28-15-22(16-39)14-26-30(43-20-33(2,3)4)23(17-40)18-42-31(26)28/h5-10,13-15,18-19,32,44H,11-12,20H2,1-4H3,(H,42,43)/t32-/m0/s1. The van der Waals surface area contributed by atoms with Crippen LogP contribution in [0, 0.1) is 35.0 Å². The second kappa shape index (κ2) is 11.7. The molecule has 5 aromatic rings. The number of nitrogens with one attached hydrogen (secondary N) is 2. The predicted octanol–water partition coefficient (Wildman–Crippen LogP) is 7.65. The molecule has 1 aliphatic carbocycles. The summed E-state index contributed by atoms with van der Waals surface area (Å²) in [4.78, 5) is 9.12. The van der Waals surface area contributed by atoms with Gasteiger partial charge in [-0.05, 0) is 60.6 Å². The third kappa shape index (κ3) is 5.95. The smallest absolute Gasteiger partial charge is 0.383 e. The molecule has 1 fully saturated rings. The van der Waals surface area contributed by atoms with Crippen molar-refractivity contribution in [1.29, 1.82) is 10.5 Å². The van der Waals surface area contributed by atoms with E-state index in [0.29, 0.717) is 39.9 Å². The van der Waals surface area contributed by atoms with Crippen molar-refractivity contribution in [2.24, 2.45) is 5.41 Å². The van der Waals surface area contributed by atoms with Crippen LogP contribution < -0.4 is 10.6 Å². The first-order chi connectivity index (χ1) is 22.3. The van der Waals surface area contributed by atoms with Crippen molar-refractivity contribution in [3.63, 3.8) is 0 Å². The van der Waals surface area contributed by atoms with E-state index in [9.17, 15) is 23.7 Å². The summed E-state index contributed by atoms with van der Waals surface area (Å²) in [6, 6.07) is 18.2. The van der Waals surface area contributed by atoms with Crippen molar-refractivity contribution in [1.82, 2.24) is 25.0 Å². The highest BCUT2D eigenvalue weighted by Crippen LogP contribution is 2.55. The molecule has 0 radical (unpaired) electrons. The van der Waals surface area contributed by atoms with Crippen molar-refractivity contribution < 1.29 is 13.2 Å². The highest BCUT2D eigenvalue weighted by Gasteiger charge is 2.66. The van der Waals surface area contributed by atoms with Gasteiger partial charge in [0.2, 0.25) is 0 Å². The minimum Gasteiger partial charge on any atom is -0.383 e. The van der Waals surface area contributed by atoms with Gasteiger partial charge in [0.05, 0.1) is 52.0 Å². The first kappa shape index (κ1) is 31.5. The zero-order valence-corrected chi connectivity index (χ0v) is 26.3. The van der Waals surface area contributed by atoms with E-state index in [4.69, 9.17) is 0 Å². The van der Waals surface area contributed by atoms with Crippen molar-refractivity contribution in [2.75, 3.05) is 17.2 Å². The molecule has 0 spiro atoms. The van der Waals surface area contributed by atoms with Gasteiger partial charge < -0.3 is 10.6 Å². The van der Waals surface area contributed by atoms with Gasteiger partial charge in [-0.25, -0.2) is 4.68 Å². The Hall–Kier alpha value is -5.49. The molecule has 2 N–H and O–H groups in total. The van der Waals surface area contributed by atoms with Crippen molar-refractivity contribution >= 4 is 22.3 Å². The Bertz CT molecular complexity index is 2040. The molecule has 2 aromatic carbocycles. The lowest BCUT2D eigenvalue weighted by Crippen LogP contribution is -2.35. The van der Waals surface area contributed by atoms with E-state index < -0.39 is 17.8 Å². The van der Waals surface area contributed by atoms with Gasteiger partial charge in [-0.2, -0.15) is 23.7 Å². The second-order valence-electron chi connectivity index (χ2n) is 13.0. The SMILES string of the molecule is Cc1c(-c2ccccn2)cccc1[C@H](Nc1cc(C#N)cc2c(NCC(C)(C)C)c(C#N)cnc12)c1cn(C2(C(F)(F)F)CC2)nn1. The minimum atomic E-state index is -4.48. The fourth-order valence-electron chi connectivity index (χ4n) is 5.72. The molecule has 3 aromatic heterocycles. The highest BCUT2D eigenvalue weighted by atomic mass is 19.4. The first-order valence-corrected chi connectivity index (χ1v) is 15.1. The van der Waals surface area contributed by atoms with E-state index >= 15 is 0 Å². The molecule has 47 heavy (non-hydrogen) atoms. The monoisotopic (exact) mass is 635 g/mol. The average Bonchev–Trinajstić information content (AvgIpc) is 3.73. The average molecular weight is 636 g/mol. The molecule has 0 unspecified atom stereocenters. The number of rotatable bonds is 8. The maximum atomic E-state index is 14.1. The van der Waals surface area contributed by atoms with Crippen LogP contribution in [0.3, 0.4) is 0 Å². The molecular formula is C35H32F3N9. The highest BCUT2D eigenvalue weighted by molar-refractivity contribution is 6.01. The van der Waals surface area contributed by atoms with Gasteiger partial charge >= 0.3 is 6.18 Å². The Kier molecular flexibility index (Phi) is 7.84.